The van der Waals surface area contributed by atoms with Crippen molar-refractivity contribution in [1.29, 1.82) is 0 Å². The quantitative estimate of drug-likeness (QED) is 0.485. The number of carbonyl (C=O) groups excluding carboxylic acids is 3. The highest BCUT2D eigenvalue weighted by Gasteiger charge is 2.46. The molecule has 0 aliphatic carbocycles. The van der Waals surface area contributed by atoms with Crippen LogP contribution in [-0.4, -0.2) is 67.9 Å². The Balaban J connectivity index is 2.08. The molecule has 9 nitrogen and oxygen atoms in total. The molecule has 0 radical (unpaired) electrons. The fraction of sp³-hybridized carbons (Fsp3) is 0.870. The van der Waals surface area contributed by atoms with Gasteiger partial charge in [0, 0.05) is 20.0 Å². The zero-order valence-electron chi connectivity index (χ0n) is 20.4. The predicted molar refractivity (Wildman–Crippen MR) is 119 cm³/mol. The van der Waals surface area contributed by atoms with Crippen molar-refractivity contribution in [3.8, 4) is 0 Å². The van der Waals surface area contributed by atoms with Crippen molar-refractivity contribution in [2.45, 2.75) is 78.9 Å². The second-order valence-electron chi connectivity index (χ2n) is 9.45. The van der Waals surface area contributed by atoms with E-state index >= 15 is 0 Å². The molecule has 0 unspecified atom stereocenters. The standard InChI is InChI=1S/C23H41N3O6/c1-8-30-23(29)21-19(26-16(7)27)14(5)13(4)18(32-21)10-25-22(28)20-15(6)11(2)12(3)17(9-24)31-20/h11-15,17-21H,8-10,24H2,1-7H3,(H,25,28)(H,26,27)/t11-,12-,13-,14-,15+,17+,18+,19+,20+,21+/m0/s1. The van der Waals surface area contributed by atoms with Crippen LogP contribution < -0.4 is 16.4 Å². The van der Waals surface area contributed by atoms with E-state index in [0.29, 0.717) is 12.5 Å². The summed E-state index contributed by atoms with van der Waals surface area (Å²) in [7, 11) is 0. The number of nitrogens with two attached hydrogens (primary N) is 1. The van der Waals surface area contributed by atoms with Gasteiger partial charge in [0.05, 0.1) is 24.9 Å². The van der Waals surface area contributed by atoms with Gasteiger partial charge in [0.2, 0.25) is 11.8 Å². The molecule has 0 saturated carbocycles. The first kappa shape index (κ1) is 26.5. The lowest BCUT2D eigenvalue weighted by molar-refractivity contribution is -0.180. The van der Waals surface area contributed by atoms with E-state index in [2.05, 4.69) is 24.5 Å². The molecule has 184 valence electrons. The average Bonchev–Trinajstić information content (AvgIpc) is 2.74. The first-order valence-electron chi connectivity index (χ1n) is 11.8. The van der Waals surface area contributed by atoms with Gasteiger partial charge in [-0.3, -0.25) is 9.59 Å². The van der Waals surface area contributed by atoms with Crippen LogP contribution >= 0.6 is 0 Å². The monoisotopic (exact) mass is 455 g/mol. The first-order chi connectivity index (χ1) is 15.0. The number of carbonyl (C=O) groups is 3. The van der Waals surface area contributed by atoms with Crippen LogP contribution in [0.2, 0.25) is 0 Å². The third kappa shape index (κ3) is 5.80. The summed E-state index contributed by atoms with van der Waals surface area (Å²) < 4.78 is 17.3. The molecule has 32 heavy (non-hydrogen) atoms. The van der Waals surface area contributed by atoms with Crippen LogP contribution in [0, 0.1) is 29.6 Å². The van der Waals surface area contributed by atoms with Crippen molar-refractivity contribution < 1.29 is 28.6 Å². The molecule has 2 heterocycles. The normalized spacial score (nSPS) is 39.8. The Labute approximate surface area is 191 Å². The Hall–Kier alpha value is -1.71. The maximum Gasteiger partial charge on any atom is 0.337 e. The van der Waals surface area contributed by atoms with E-state index in [-0.39, 0.29) is 54.7 Å². The second kappa shape index (κ2) is 11.4. The summed E-state index contributed by atoms with van der Waals surface area (Å²) in [6.45, 7) is 14.2. The van der Waals surface area contributed by atoms with Crippen molar-refractivity contribution in [3.05, 3.63) is 0 Å². The molecule has 0 bridgehead atoms. The highest BCUT2D eigenvalue weighted by molar-refractivity contribution is 5.81. The van der Waals surface area contributed by atoms with E-state index in [0.717, 1.165) is 0 Å². The number of nitrogens with one attached hydrogen (secondary N) is 2. The number of hydrogen-bond acceptors (Lipinski definition) is 7. The van der Waals surface area contributed by atoms with Gasteiger partial charge in [0.15, 0.2) is 6.10 Å². The second-order valence-corrected chi connectivity index (χ2v) is 9.45. The Morgan fingerprint density at radius 3 is 2.03 bits per heavy atom. The first-order valence-corrected chi connectivity index (χ1v) is 11.8. The summed E-state index contributed by atoms with van der Waals surface area (Å²) in [4.78, 5) is 37.2. The Morgan fingerprint density at radius 2 is 1.47 bits per heavy atom. The van der Waals surface area contributed by atoms with Gasteiger partial charge >= 0.3 is 5.97 Å². The number of esters is 1. The third-order valence-corrected chi connectivity index (χ3v) is 7.53. The molecule has 2 rings (SSSR count). The van der Waals surface area contributed by atoms with Gasteiger partial charge < -0.3 is 30.6 Å². The minimum Gasteiger partial charge on any atom is -0.464 e. The fourth-order valence-electron chi connectivity index (χ4n) is 4.84. The van der Waals surface area contributed by atoms with Crippen LogP contribution in [-0.2, 0) is 28.6 Å². The van der Waals surface area contributed by atoms with Crippen molar-refractivity contribution in [2.24, 2.45) is 35.3 Å². The molecule has 2 fully saturated rings. The Bertz CT molecular complexity index is 672. The number of amides is 2. The molecule has 0 aromatic heterocycles. The summed E-state index contributed by atoms with van der Waals surface area (Å²) in [6.07, 6.45) is -2.08. The topological polar surface area (TPSA) is 129 Å². The molecule has 2 aliphatic rings. The largest absolute Gasteiger partial charge is 0.464 e. The van der Waals surface area contributed by atoms with Crippen LogP contribution in [0.1, 0.15) is 48.5 Å². The lowest BCUT2D eigenvalue weighted by atomic mass is 9.76. The van der Waals surface area contributed by atoms with Crippen molar-refractivity contribution >= 4 is 17.8 Å². The smallest absolute Gasteiger partial charge is 0.337 e. The van der Waals surface area contributed by atoms with Crippen LogP contribution in [0.3, 0.4) is 0 Å². The van der Waals surface area contributed by atoms with Gasteiger partial charge in [-0.25, -0.2) is 4.79 Å². The summed E-state index contributed by atoms with van der Waals surface area (Å²) >= 11 is 0. The summed E-state index contributed by atoms with van der Waals surface area (Å²) in [5.74, 6) is -0.404. The fourth-order valence-corrected chi connectivity index (χ4v) is 4.84. The zero-order chi connectivity index (χ0) is 24.2. The highest BCUT2D eigenvalue weighted by atomic mass is 16.6. The highest BCUT2D eigenvalue weighted by Crippen LogP contribution is 2.35. The van der Waals surface area contributed by atoms with Crippen molar-refractivity contribution in [2.75, 3.05) is 19.7 Å². The lowest BCUT2D eigenvalue weighted by Gasteiger charge is -2.45. The molecular weight excluding hydrogens is 414 g/mol. The van der Waals surface area contributed by atoms with Gasteiger partial charge in [0.1, 0.15) is 6.10 Å². The number of rotatable bonds is 7. The zero-order valence-corrected chi connectivity index (χ0v) is 20.4. The summed E-state index contributed by atoms with van der Waals surface area (Å²) in [5, 5.41) is 5.79. The van der Waals surface area contributed by atoms with E-state index in [4.69, 9.17) is 19.9 Å². The third-order valence-electron chi connectivity index (χ3n) is 7.53. The molecule has 4 N–H and O–H groups in total. The molecule has 0 aromatic rings. The molecule has 2 saturated heterocycles. The molecule has 2 amide bonds. The van der Waals surface area contributed by atoms with Gasteiger partial charge in [-0.2, -0.15) is 0 Å². The minimum atomic E-state index is -0.931. The molecule has 9 heteroatoms. The molecule has 0 aromatic carbocycles. The van der Waals surface area contributed by atoms with Crippen molar-refractivity contribution in [3.63, 3.8) is 0 Å². The minimum absolute atomic E-state index is 0.0155. The van der Waals surface area contributed by atoms with E-state index < -0.39 is 30.3 Å². The Kier molecular flexibility index (Phi) is 9.48. The Morgan fingerprint density at radius 1 is 0.875 bits per heavy atom. The van der Waals surface area contributed by atoms with Crippen molar-refractivity contribution in [1.82, 2.24) is 10.6 Å². The summed E-state index contributed by atoms with van der Waals surface area (Å²) in [5.41, 5.74) is 5.85. The molecular formula is C23H41N3O6. The number of hydrogen-bond donors (Lipinski definition) is 3. The lowest BCUT2D eigenvalue weighted by Crippen LogP contribution is -2.61. The maximum absolute atomic E-state index is 13.0. The van der Waals surface area contributed by atoms with Gasteiger partial charge in [-0.05, 0) is 36.5 Å². The van der Waals surface area contributed by atoms with Crippen LogP contribution in [0.5, 0.6) is 0 Å². The van der Waals surface area contributed by atoms with Crippen LogP contribution in [0.25, 0.3) is 0 Å². The average molecular weight is 456 g/mol. The summed E-state index contributed by atoms with van der Waals surface area (Å²) in [6, 6.07) is -0.497. The van der Waals surface area contributed by atoms with E-state index in [1.54, 1.807) is 6.92 Å². The van der Waals surface area contributed by atoms with Gasteiger partial charge in [-0.1, -0.05) is 34.6 Å². The SMILES string of the molecule is CCOC(=O)[C@@H]1O[C@H](CNC(=O)[C@@H]2O[C@H](CN)[C@@H](C)[C@H](C)[C@H]2C)[C@@H](C)[C@H](C)[C@H]1NC(C)=O. The van der Waals surface area contributed by atoms with E-state index in [9.17, 15) is 14.4 Å². The van der Waals surface area contributed by atoms with Crippen LogP contribution in [0.15, 0.2) is 0 Å². The van der Waals surface area contributed by atoms with Crippen LogP contribution in [0.4, 0.5) is 0 Å². The predicted octanol–water partition coefficient (Wildman–Crippen LogP) is 0.844. The molecule has 2 aliphatic heterocycles. The molecule has 10 atom stereocenters. The maximum atomic E-state index is 13.0. The number of ether oxygens (including phenoxy) is 3. The van der Waals surface area contributed by atoms with Gasteiger partial charge in [0.25, 0.3) is 0 Å². The van der Waals surface area contributed by atoms with E-state index in [1.165, 1.54) is 6.92 Å². The molecule has 0 spiro atoms. The van der Waals surface area contributed by atoms with Gasteiger partial charge in [-0.15, -0.1) is 0 Å². The van der Waals surface area contributed by atoms with E-state index in [1.807, 2.05) is 20.8 Å².